The summed E-state index contributed by atoms with van der Waals surface area (Å²) in [6.07, 6.45) is -0.553. The lowest BCUT2D eigenvalue weighted by Gasteiger charge is -2.32. The summed E-state index contributed by atoms with van der Waals surface area (Å²) in [5, 5.41) is 10.2. The maximum Gasteiger partial charge on any atom is 0.410 e. The molecule has 0 aromatic heterocycles. The Morgan fingerprint density at radius 2 is 1.96 bits per heavy atom. The number of carbonyl (C=O) groups excluding carboxylic acids is 1. The first-order valence-electron chi connectivity index (χ1n) is 8.88. The number of carboxylic acid groups (broad SMARTS) is 1. The molecular weight excluding hydrogens is 372 g/mol. The molecule has 1 amide bonds. The lowest BCUT2D eigenvalue weighted by molar-refractivity contribution is -0.142. The van der Waals surface area contributed by atoms with Gasteiger partial charge in [0, 0.05) is 37.3 Å². The molecule has 0 aliphatic carbocycles. The van der Waals surface area contributed by atoms with Crippen molar-refractivity contribution in [1.29, 1.82) is 0 Å². The summed E-state index contributed by atoms with van der Waals surface area (Å²) in [6.45, 7) is 7.87. The number of amides is 1. The summed E-state index contributed by atoms with van der Waals surface area (Å²) in [7, 11) is 1.44. The number of hydrogen-bond donors (Lipinski definition) is 1. The third-order valence-corrected chi connectivity index (χ3v) is 4.48. The fraction of sp³-hybridized carbons (Fsp3) is 0.579. The van der Waals surface area contributed by atoms with Gasteiger partial charge < -0.3 is 19.5 Å². The van der Waals surface area contributed by atoms with E-state index < -0.39 is 23.7 Å². The van der Waals surface area contributed by atoms with Crippen molar-refractivity contribution in [3.8, 4) is 0 Å². The van der Waals surface area contributed by atoms with E-state index in [-0.39, 0.29) is 6.42 Å². The number of morpholine rings is 1. The summed E-state index contributed by atoms with van der Waals surface area (Å²) in [5.41, 5.74) is 0.974. The Hall–Kier alpha value is -1.99. The largest absolute Gasteiger partial charge is 0.480 e. The van der Waals surface area contributed by atoms with Crippen LogP contribution < -0.4 is 4.90 Å². The Kier molecular flexibility index (Phi) is 6.95. The van der Waals surface area contributed by atoms with Gasteiger partial charge in [-0.15, -0.1) is 0 Å². The average molecular weight is 399 g/mol. The van der Waals surface area contributed by atoms with Crippen LogP contribution in [0, 0.1) is 0 Å². The summed E-state index contributed by atoms with van der Waals surface area (Å²) in [4.78, 5) is 27.5. The van der Waals surface area contributed by atoms with E-state index in [9.17, 15) is 14.7 Å². The van der Waals surface area contributed by atoms with Gasteiger partial charge in [-0.2, -0.15) is 0 Å². The van der Waals surface area contributed by atoms with Crippen molar-refractivity contribution in [2.75, 3.05) is 38.3 Å². The molecular formula is C19H27ClN2O5. The number of rotatable bonds is 5. The van der Waals surface area contributed by atoms with Crippen LogP contribution >= 0.6 is 11.6 Å². The minimum absolute atomic E-state index is 0.123. The molecule has 1 heterocycles. The van der Waals surface area contributed by atoms with E-state index in [1.807, 2.05) is 6.07 Å². The number of hydrogen-bond acceptors (Lipinski definition) is 5. The van der Waals surface area contributed by atoms with E-state index in [1.54, 1.807) is 32.9 Å². The predicted octanol–water partition coefficient (Wildman–Crippen LogP) is 3.04. The number of anilines is 1. The third kappa shape index (κ3) is 6.01. The van der Waals surface area contributed by atoms with E-state index in [0.717, 1.165) is 16.2 Å². The number of aliphatic carboxylic acids is 1. The van der Waals surface area contributed by atoms with Gasteiger partial charge in [0.2, 0.25) is 0 Å². The summed E-state index contributed by atoms with van der Waals surface area (Å²) in [5.74, 6) is -1.10. The molecule has 1 aromatic rings. The Labute approximate surface area is 164 Å². The first kappa shape index (κ1) is 21.3. The molecule has 0 bridgehead atoms. The Bertz CT molecular complexity index is 683. The minimum atomic E-state index is -1.10. The molecule has 0 saturated carbocycles. The van der Waals surface area contributed by atoms with E-state index in [2.05, 4.69) is 4.90 Å². The van der Waals surface area contributed by atoms with Crippen molar-refractivity contribution in [3.63, 3.8) is 0 Å². The fourth-order valence-corrected chi connectivity index (χ4v) is 3.08. The molecule has 0 radical (unpaired) electrons. The maximum absolute atomic E-state index is 12.3. The summed E-state index contributed by atoms with van der Waals surface area (Å²) >= 11 is 6.15. The molecule has 1 saturated heterocycles. The number of halogens is 1. The highest BCUT2D eigenvalue weighted by atomic mass is 35.5. The zero-order valence-corrected chi connectivity index (χ0v) is 17.0. The van der Waals surface area contributed by atoms with E-state index in [4.69, 9.17) is 21.1 Å². The Morgan fingerprint density at radius 1 is 1.33 bits per heavy atom. The van der Waals surface area contributed by atoms with Crippen LogP contribution in [0.1, 0.15) is 26.3 Å². The highest BCUT2D eigenvalue weighted by Crippen LogP contribution is 2.27. The van der Waals surface area contributed by atoms with Crippen LogP contribution in [0.4, 0.5) is 10.5 Å². The molecule has 0 spiro atoms. The molecule has 27 heavy (non-hydrogen) atoms. The van der Waals surface area contributed by atoms with Gasteiger partial charge in [-0.1, -0.05) is 11.6 Å². The quantitative estimate of drug-likeness (QED) is 0.821. The predicted molar refractivity (Wildman–Crippen MR) is 104 cm³/mol. The summed E-state index contributed by atoms with van der Waals surface area (Å²) < 4.78 is 10.7. The zero-order chi connectivity index (χ0) is 20.2. The molecule has 1 atom stereocenters. The van der Waals surface area contributed by atoms with Crippen LogP contribution in [-0.4, -0.2) is 67.1 Å². The molecule has 1 aliphatic heterocycles. The second-order valence-corrected chi connectivity index (χ2v) is 7.96. The van der Waals surface area contributed by atoms with Gasteiger partial charge in [0.1, 0.15) is 11.6 Å². The number of benzene rings is 1. The highest BCUT2D eigenvalue weighted by molar-refractivity contribution is 6.30. The second-order valence-electron chi connectivity index (χ2n) is 7.52. The van der Waals surface area contributed by atoms with Crippen molar-refractivity contribution >= 4 is 29.4 Å². The van der Waals surface area contributed by atoms with Gasteiger partial charge >= 0.3 is 12.1 Å². The molecule has 1 aromatic carbocycles. The molecule has 8 heteroatoms. The Balaban J connectivity index is 2.26. The van der Waals surface area contributed by atoms with Crippen molar-refractivity contribution in [2.45, 2.75) is 38.8 Å². The van der Waals surface area contributed by atoms with Gasteiger partial charge in [-0.3, -0.25) is 4.90 Å². The first-order chi connectivity index (χ1) is 12.6. The zero-order valence-electron chi connectivity index (χ0n) is 16.2. The fourth-order valence-electron chi connectivity index (χ4n) is 2.89. The normalized spacial score (nSPS) is 16.0. The molecule has 150 valence electrons. The Morgan fingerprint density at radius 3 is 2.52 bits per heavy atom. The van der Waals surface area contributed by atoms with Crippen LogP contribution in [0.5, 0.6) is 0 Å². The summed E-state index contributed by atoms with van der Waals surface area (Å²) in [6, 6.07) is 4.35. The van der Waals surface area contributed by atoms with Crippen LogP contribution in [-0.2, 0) is 20.7 Å². The standard InChI is InChI=1S/C19H27ClN2O5/c1-19(2,3)27-18(25)21(4)16(17(23)24)12-13-11-14(20)5-6-15(13)22-7-9-26-10-8-22/h5-6,11,16H,7-10,12H2,1-4H3,(H,23,24)/t16-/m0/s1. The van der Waals surface area contributed by atoms with E-state index in [1.165, 1.54) is 7.05 Å². The number of carbonyl (C=O) groups is 2. The molecule has 1 aliphatic rings. The van der Waals surface area contributed by atoms with Crippen LogP contribution in [0.3, 0.4) is 0 Å². The van der Waals surface area contributed by atoms with Crippen molar-refractivity contribution < 1.29 is 24.2 Å². The average Bonchev–Trinajstić information content (AvgIpc) is 2.58. The van der Waals surface area contributed by atoms with E-state index in [0.29, 0.717) is 31.3 Å². The van der Waals surface area contributed by atoms with Gasteiger partial charge in [-0.05, 0) is 44.5 Å². The smallest absolute Gasteiger partial charge is 0.410 e. The second kappa shape index (κ2) is 8.80. The van der Waals surface area contributed by atoms with Gasteiger partial charge in [0.15, 0.2) is 0 Å². The first-order valence-corrected chi connectivity index (χ1v) is 9.26. The minimum Gasteiger partial charge on any atom is -0.480 e. The van der Waals surface area contributed by atoms with Gasteiger partial charge in [-0.25, -0.2) is 9.59 Å². The maximum atomic E-state index is 12.3. The molecule has 1 fully saturated rings. The molecule has 1 N–H and O–H groups in total. The van der Waals surface area contributed by atoms with E-state index >= 15 is 0 Å². The highest BCUT2D eigenvalue weighted by Gasteiger charge is 2.31. The SMILES string of the molecule is CN(C(=O)OC(C)(C)C)[C@@H](Cc1cc(Cl)ccc1N1CCOCC1)C(=O)O. The van der Waals surface area contributed by atoms with Gasteiger partial charge in [0.25, 0.3) is 0 Å². The topological polar surface area (TPSA) is 79.3 Å². The van der Waals surface area contributed by atoms with Gasteiger partial charge in [0.05, 0.1) is 13.2 Å². The van der Waals surface area contributed by atoms with Crippen molar-refractivity contribution in [2.24, 2.45) is 0 Å². The third-order valence-electron chi connectivity index (χ3n) is 4.24. The van der Waals surface area contributed by atoms with Crippen LogP contribution in [0.15, 0.2) is 18.2 Å². The van der Waals surface area contributed by atoms with Crippen LogP contribution in [0.2, 0.25) is 5.02 Å². The number of nitrogens with zero attached hydrogens (tertiary/aromatic N) is 2. The molecule has 2 rings (SSSR count). The molecule has 0 unspecified atom stereocenters. The van der Waals surface area contributed by atoms with Crippen LogP contribution in [0.25, 0.3) is 0 Å². The lowest BCUT2D eigenvalue weighted by atomic mass is 10.0. The number of ether oxygens (including phenoxy) is 2. The lowest BCUT2D eigenvalue weighted by Crippen LogP contribution is -2.46. The monoisotopic (exact) mass is 398 g/mol. The van der Waals surface area contributed by atoms with Crippen molar-refractivity contribution in [1.82, 2.24) is 4.90 Å². The number of likely N-dealkylation sites (N-methyl/N-ethyl adjacent to an activating group) is 1. The number of carboxylic acids is 1. The van der Waals surface area contributed by atoms with Crippen molar-refractivity contribution in [3.05, 3.63) is 28.8 Å². The molecule has 7 nitrogen and oxygen atoms in total.